The van der Waals surface area contributed by atoms with Crippen molar-refractivity contribution in [3.63, 3.8) is 0 Å². The van der Waals surface area contributed by atoms with Crippen molar-refractivity contribution in [2.24, 2.45) is 0 Å². The average molecular weight is 279 g/mol. The summed E-state index contributed by atoms with van der Waals surface area (Å²) >= 11 is 0. The maximum Gasteiger partial charge on any atom is 0.305 e. The number of carbonyl (C=O) groups is 1. The van der Waals surface area contributed by atoms with Crippen LogP contribution in [0.3, 0.4) is 0 Å². The number of hydrogen-bond acceptors (Lipinski definition) is 4. The van der Waals surface area contributed by atoms with E-state index < -0.39 is 5.97 Å². The highest BCUT2D eigenvalue weighted by Crippen LogP contribution is 2.15. The zero-order valence-electron chi connectivity index (χ0n) is 11.7. The van der Waals surface area contributed by atoms with Gasteiger partial charge < -0.3 is 14.6 Å². The summed E-state index contributed by atoms with van der Waals surface area (Å²) in [5, 5.41) is 8.95. The minimum atomic E-state index is -0.777. The average Bonchev–Trinajstić information content (AvgIpc) is 2.43. The maximum absolute atomic E-state index is 10.9. The van der Waals surface area contributed by atoms with Gasteiger partial charge in [0.2, 0.25) is 0 Å². The number of carboxylic acids is 1. The fourth-order valence-electron chi connectivity index (χ4n) is 2.43. The Hall–Kier alpha value is -1.43. The van der Waals surface area contributed by atoms with E-state index in [0.29, 0.717) is 19.8 Å². The van der Waals surface area contributed by atoms with Crippen LogP contribution in [0.4, 0.5) is 0 Å². The molecule has 1 saturated heterocycles. The van der Waals surface area contributed by atoms with Gasteiger partial charge in [-0.15, -0.1) is 0 Å². The molecule has 0 radical (unpaired) electrons. The molecule has 1 aliphatic heterocycles. The van der Waals surface area contributed by atoms with Crippen molar-refractivity contribution >= 4 is 5.97 Å². The molecule has 1 fully saturated rings. The highest BCUT2D eigenvalue weighted by Gasteiger charge is 2.25. The molecular formula is C15H21NO4. The molecule has 0 aromatic heterocycles. The number of nitrogens with zero attached hydrogens (tertiary/aromatic N) is 1. The van der Waals surface area contributed by atoms with Crippen LogP contribution in [-0.2, 0) is 27.4 Å². The molecule has 1 unspecified atom stereocenters. The van der Waals surface area contributed by atoms with E-state index in [1.165, 1.54) is 5.56 Å². The molecule has 0 spiro atoms. The normalized spacial score (nSPS) is 19.9. The van der Waals surface area contributed by atoms with Crippen molar-refractivity contribution < 1.29 is 19.4 Å². The number of aliphatic carboxylic acids is 1. The SMILES string of the molecule is COCc1ccc(CN2CCOCC2CC(=O)O)cc1. The molecule has 0 aliphatic carbocycles. The quantitative estimate of drug-likeness (QED) is 0.855. The van der Waals surface area contributed by atoms with Crippen molar-refractivity contribution in [3.05, 3.63) is 35.4 Å². The minimum absolute atomic E-state index is 0.0418. The molecule has 1 aliphatic rings. The highest BCUT2D eigenvalue weighted by atomic mass is 16.5. The van der Waals surface area contributed by atoms with Crippen LogP contribution in [0, 0.1) is 0 Å². The Balaban J connectivity index is 1.97. The molecule has 5 heteroatoms. The van der Waals surface area contributed by atoms with E-state index >= 15 is 0 Å². The fraction of sp³-hybridized carbons (Fsp3) is 0.533. The lowest BCUT2D eigenvalue weighted by molar-refractivity contribution is -0.140. The van der Waals surface area contributed by atoms with Gasteiger partial charge in [-0.1, -0.05) is 24.3 Å². The van der Waals surface area contributed by atoms with Gasteiger partial charge >= 0.3 is 5.97 Å². The van der Waals surface area contributed by atoms with Crippen molar-refractivity contribution in [2.45, 2.75) is 25.6 Å². The lowest BCUT2D eigenvalue weighted by Gasteiger charge is -2.34. The summed E-state index contributed by atoms with van der Waals surface area (Å²) in [6.45, 7) is 3.30. The van der Waals surface area contributed by atoms with E-state index in [0.717, 1.165) is 18.7 Å². The molecule has 0 saturated carbocycles. The first-order chi connectivity index (χ1) is 9.69. The van der Waals surface area contributed by atoms with Crippen LogP contribution in [0.2, 0.25) is 0 Å². The van der Waals surface area contributed by atoms with Gasteiger partial charge in [-0.2, -0.15) is 0 Å². The van der Waals surface area contributed by atoms with E-state index in [4.69, 9.17) is 14.6 Å². The Morgan fingerprint density at radius 2 is 2.10 bits per heavy atom. The maximum atomic E-state index is 10.9. The van der Waals surface area contributed by atoms with Gasteiger partial charge in [-0.05, 0) is 11.1 Å². The van der Waals surface area contributed by atoms with Gasteiger partial charge in [0.05, 0.1) is 26.2 Å². The van der Waals surface area contributed by atoms with Crippen LogP contribution in [-0.4, -0.2) is 48.9 Å². The summed E-state index contributed by atoms with van der Waals surface area (Å²) < 4.78 is 10.5. The van der Waals surface area contributed by atoms with Crippen molar-refractivity contribution in [2.75, 3.05) is 26.9 Å². The summed E-state index contributed by atoms with van der Waals surface area (Å²) in [7, 11) is 1.68. The Morgan fingerprint density at radius 3 is 2.75 bits per heavy atom. The number of methoxy groups -OCH3 is 1. The zero-order valence-corrected chi connectivity index (χ0v) is 11.7. The smallest absolute Gasteiger partial charge is 0.305 e. The highest BCUT2D eigenvalue weighted by molar-refractivity contribution is 5.67. The van der Waals surface area contributed by atoms with Gasteiger partial charge in [0.15, 0.2) is 0 Å². The Bertz CT molecular complexity index is 432. The molecule has 1 aromatic carbocycles. The van der Waals surface area contributed by atoms with E-state index in [9.17, 15) is 4.79 Å². The zero-order chi connectivity index (χ0) is 14.4. The van der Waals surface area contributed by atoms with Gasteiger partial charge in [-0.3, -0.25) is 9.69 Å². The molecule has 1 aromatic rings. The van der Waals surface area contributed by atoms with Crippen LogP contribution in [0.5, 0.6) is 0 Å². The van der Waals surface area contributed by atoms with Gasteiger partial charge in [0, 0.05) is 26.2 Å². The summed E-state index contributed by atoms with van der Waals surface area (Å²) in [6.07, 6.45) is 0.127. The van der Waals surface area contributed by atoms with Crippen molar-refractivity contribution in [3.8, 4) is 0 Å². The standard InChI is InChI=1S/C15H21NO4/c1-19-10-13-4-2-12(3-5-13)9-16-6-7-20-11-14(16)8-15(17)18/h2-5,14H,6-11H2,1H3,(H,17,18). The summed E-state index contributed by atoms with van der Waals surface area (Å²) in [5.41, 5.74) is 2.32. The number of ether oxygens (including phenoxy) is 2. The lowest BCUT2D eigenvalue weighted by atomic mass is 10.1. The van der Waals surface area contributed by atoms with Gasteiger partial charge in [0.25, 0.3) is 0 Å². The van der Waals surface area contributed by atoms with Crippen LogP contribution >= 0.6 is 0 Å². The molecule has 0 bridgehead atoms. The minimum Gasteiger partial charge on any atom is -0.481 e. The first-order valence-corrected chi connectivity index (χ1v) is 6.79. The van der Waals surface area contributed by atoms with Gasteiger partial charge in [-0.25, -0.2) is 0 Å². The molecule has 1 atom stereocenters. The third-order valence-corrected chi connectivity index (χ3v) is 3.48. The molecule has 2 rings (SSSR count). The number of hydrogen-bond donors (Lipinski definition) is 1. The first kappa shape index (κ1) is 15.0. The second-order valence-corrected chi connectivity index (χ2v) is 5.05. The van der Waals surface area contributed by atoms with Crippen LogP contribution in [0.15, 0.2) is 24.3 Å². The van der Waals surface area contributed by atoms with Gasteiger partial charge in [0.1, 0.15) is 0 Å². The molecule has 20 heavy (non-hydrogen) atoms. The third kappa shape index (κ3) is 4.30. The molecular weight excluding hydrogens is 258 g/mol. The topological polar surface area (TPSA) is 59.0 Å². The molecule has 0 amide bonds. The Kier molecular flexibility index (Phi) is 5.52. The predicted molar refractivity (Wildman–Crippen MR) is 74.4 cm³/mol. The largest absolute Gasteiger partial charge is 0.481 e. The molecule has 1 heterocycles. The number of carboxylic acid groups (broad SMARTS) is 1. The van der Waals surface area contributed by atoms with Crippen LogP contribution in [0.1, 0.15) is 17.5 Å². The Morgan fingerprint density at radius 1 is 1.40 bits per heavy atom. The molecule has 5 nitrogen and oxygen atoms in total. The van der Waals surface area contributed by atoms with E-state index in [1.807, 2.05) is 12.1 Å². The number of rotatable bonds is 6. The lowest BCUT2D eigenvalue weighted by Crippen LogP contribution is -2.45. The second-order valence-electron chi connectivity index (χ2n) is 5.05. The first-order valence-electron chi connectivity index (χ1n) is 6.79. The van der Waals surface area contributed by atoms with Crippen molar-refractivity contribution in [1.29, 1.82) is 0 Å². The van der Waals surface area contributed by atoms with E-state index in [1.54, 1.807) is 7.11 Å². The Labute approximate surface area is 119 Å². The van der Waals surface area contributed by atoms with E-state index in [2.05, 4.69) is 17.0 Å². The van der Waals surface area contributed by atoms with E-state index in [-0.39, 0.29) is 12.5 Å². The molecule has 1 N–H and O–H groups in total. The monoisotopic (exact) mass is 279 g/mol. The van der Waals surface area contributed by atoms with Crippen molar-refractivity contribution in [1.82, 2.24) is 4.90 Å². The molecule has 110 valence electrons. The van der Waals surface area contributed by atoms with Crippen LogP contribution in [0.25, 0.3) is 0 Å². The third-order valence-electron chi connectivity index (χ3n) is 3.48. The summed E-state index contributed by atoms with van der Waals surface area (Å²) in [5.74, 6) is -0.777. The predicted octanol–water partition coefficient (Wildman–Crippen LogP) is 1.51. The summed E-state index contributed by atoms with van der Waals surface area (Å²) in [4.78, 5) is 13.1. The number of morpholine rings is 1. The summed E-state index contributed by atoms with van der Waals surface area (Å²) in [6, 6.07) is 8.19. The van der Waals surface area contributed by atoms with Crippen LogP contribution < -0.4 is 0 Å². The second kappa shape index (κ2) is 7.38. The fourth-order valence-corrected chi connectivity index (χ4v) is 2.43. The number of benzene rings is 1.